The SMILES string of the molecule is CCO[Si](OCC)(N1CCCC2CCCCC21)N1CCCC2CCCCC21. The molecule has 4 rings (SSSR count). The van der Waals surface area contributed by atoms with E-state index in [1.807, 2.05) is 0 Å². The van der Waals surface area contributed by atoms with Gasteiger partial charge in [-0.1, -0.05) is 25.7 Å². The van der Waals surface area contributed by atoms with Crippen LogP contribution in [-0.4, -0.2) is 56.4 Å². The van der Waals surface area contributed by atoms with E-state index >= 15 is 0 Å². The van der Waals surface area contributed by atoms with Gasteiger partial charge in [-0.2, -0.15) is 0 Å². The average molecular weight is 395 g/mol. The fraction of sp³-hybridized carbons (Fsp3) is 1.00. The highest BCUT2D eigenvalue weighted by molar-refractivity contribution is 6.61. The first-order valence-electron chi connectivity index (χ1n) is 12.1. The molecule has 4 unspecified atom stereocenters. The standard InChI is InChI=1S/C22H42N2O2Si/c1-3-25-27(26-4-2,23-17-9-13-19-11-5-7-15-21(19)23)24-18-10-14-20-12-6-8-16-22(20)24/h19-22H,3-18H2,1-2H3. The minimum Gasteiger partial charge on any atom is -0.371 e. The van der Waals surface area contributed by atoms with Crippen molar-refractivity contribution in [3.63, 3.8) is 0 Å². The summed E-state index contributed by atoms with van der Waals surface area (Å²) in [5.41, 5.74) is 0. The number of hydrogen-bond acceptors (Lipinski definition) is 4. The number of piperidine rings is 2. The first kappa shape index (κ1) is 20.3. The summed E-state index contributed by atoms with van der Waals surface area (Å²) in [6.45, 7) is 8.33. The van der Waals surface area contributed by atoms with Crippen LogP contribution in [0.4, 0.5) is 0 Å². The highest BCUT2D eigenvalue weighted by Crippen LogP contribution is 2.43. The Morgan fingerprint density at radius 1 is 0.630 bits per heavy atom. The number of fused-ring (bicyclic) bond motifs is 2. The molecule has 4 atom stereocenters. The van der Waals surface area contributed by atoms with E-state index in [0.717, 1.165) is 25.0 Å². The van der Waals surface area contributed by atoms with Crippen molar-refractivity contribution in [2.75, 3.05) is 26.3 Å². The third-order valence-corrected chi connectivity index (χ3v) is 11.8. The largest absolute Gasteiger partial charge is 0.522 e. The Bertz CT molecular complexity index is 431. The molecule has 156 valence electrons. The monoisotopic (exact) mass is 394 g/mol. The predicted octanol–water partition coefficient (Wildman–Crippen LogP) is 4.80. The molecule has 2 saturated carbocycles. The Balaban J connectivity index is 1.67. The van der Waals surface area contributed by atoms with Crippen LogP contribution in [0.1, 0.15) is 90.9 Å². The van der Waals surface area contributed by atoms with Crippen LogP contribution in [0, 0.1) is 11.8 Å². The van der Waals surface area contributed by atoms with E-state index in [-0.39, 0.29) is 0 Å². The lowest BCUT2D eigenvalue weighted by Crippen LogP contribution is -2.77. The molecule has 0 aromatic heterocycles. The van der Waals surface area contributed by atoms with E-state index in [0.29, 0.717) is 12.1 Å². The minimum atomic E-state index is -2.54. The van der Waals surface area contributed by atoms with Crippen molar-refractivity contribution >= 4 is 8.88 Å². The summed E-state index contributed by atoms with van der Waals surface area (Å²) in [6, 6.07) is 1.42. The summed E-state index contributed by atoms with van der Waals surface area (Å²) in [4.78, 5) is 0. The van der Waals surface area contributed by atoms with Gasteiger partial charge in [0.05, 0.1) is 0 Å². The van der Waals surface area contributed by atoms with Crippen LogP contribution in [0.15, 0.2) is 0 Å². The second-order valence-electron chi connectivity index (χ2n) is 9.31. The Kier molecular flexibility index (Phi) is 6.97. The number of hydrogen-bond donors (Lipinski definition) is 0. The van der Waals surface area contributed by atoms with Crippen molar-refractivity contribution in [3.05, 3.63) is 0 Å². The second-order valence-corrected chi connectivity index (χ2v) is 12.1. The van der Waals surface area contributed by atoms with Gasteiger partial charge in [0.25, 0.3) is 0 Å². The number of rotatable bonds is 6. The van der Waals surface area contributed by atoms with Gasteiger partial charge in [-0.15, -0.1) is 0 Å². The van der Waals surface area contributed by atoms with Crippen LogP contribution < -0.4 is 0 Å². The third-order valence-electron chi connectivity index (χ3n) is 7.88. The second kappa shape index (κ2) is 9.25. The molecule has 2 aliphatic heterocycles. The molecule has 2 saturated heterocycles. The first-order chi connectivity index (χ1) is 13.3. The van der Waals surface area contributed by atoms with Crippen LogP contribution in [0.3, 0.4) is 0 Å². The van der Waals surface area contributed by atoms with Crippen LogP contribution in [0.2, 0.25) is 0 Å². The highest BCUT2D eigenvalue weighted by atomic mass is 28.4. The first-order valence-corrected chi connectivity index (χ1v) is 13.8. The molecule has 0 N–H and O–H groups in total. The van der Waals surface area contributed by atoms with Gasteiger partial charge < -0.3 is 8.85 Å². The molecule has 27 heavy (non-hydrogen) atoms. The molecular weight excluding hydrogens is 352 g/mol. The molecule has 5 heteroatoms. The van der Waals surface area contributed by atoms with Gasteiger partial charge in [-0.05, 0) is 90.1 Å². The van der Waals surface area contributed by atoms with Crippen molar-refractivity contribution in [2.24, 2.45) is 11.8 Å². The van der Waals surface area contributed by atoms with E-state index in [2.05, 4.69) is 23.0 Å². The lowest BCUT2D eigenvalue weighted by Gasteiger charge is -2.57. The topological polar surface area (TPSA) is 24.9 Å². The molecule has 2 heterocycles. The highest BCUT2D eigenvalue weighted by Gasteiger charge is 2.59. The van der Waals surface area contributed by atoms with Gasteiger partial charge in [0, 0.05) is 25.3 Å². The van der Waals surface area contributed by atoms with Gasteiger partial charge in [0.2, 0.25) is 0 Å². The average Bonchev–Trinajstić information content (AvgIpc) is 2.73. The van der Waals surface area contributed by atoms with Gasteiger partial charge in [0.1, 0.15) is 0 Å². The zero-order valence-electron chi connectivity index (χ0n) is 17.8. The van der Waals surface area contributed by atoms with Gasteiger partial charge in [-0.25, -0.2) is 0 Å². The van der Waals surface area contributed by atoms with Gasteiger partial charge in [0.15, 0.2) is 0 Å². The summed E-state index contributed by atoms with van der Waals surface area (Å²) in [5.74, 6) is 1.76. The van der Waals surface area contributed by atoms with E-state index in [9.17, 15) is 0 Å². The molecule has 0 bridgehead atoms. The lowest BCUT2D eigenvalue weighted by atomic mass is 9.79. The predicted molar refractivity (Wildman–Crippen MR) is 112 cm³/mol. The quantitative estimate of drug-likeness (QED) is 0.604. The van der Waals surface area contributed by atoms with Crippen LogP contribution >= 0.6 is 0 Å². The Labute approximate surface area is 168 Å². The Hall–Kier alpha value is 0.0569. The molecule has 4 aliphatic rings. The maximum Gasteiger partial charge on any atom is 0.522 e. The van der Waals surface area contributed by atoms with E-state index in [4.69, 9.17) is 8.85 Å². The van der Waals surface area contributed by atoms with E-state index in [1.165, 1.54) is 90.1 Å². The fourth-order valence-corrected chi connectivity index (χ4v) is 11.1. The molecular formula is C22H42N2O2Si. The van der Waals surface area contributed by atoms with Crippen molar-refractivity contribution < 1.29 is 8.85 Å². The Morgan fingerprint density at radius 3 is 1.48 bits per heavy atom. The summed E-state index contributed by atoms with van der Waals surface area (Å²) in [6.07, 6.45) is 16.7. The molecule has 0 aromatic carbocycles. The lowest BCUT2D eigenvalue weighted by molar-refractivity contribution is -0.0225. The van der Waals surface area contributed by atoms with Crippen molar-refractivity contribution in [1.82, 2.24) is 9.13 Å². The van der Waals surface area contributed by atoms with E-state index in [1.54, 1.807) is 0 Å². The maximum atomic E-state index is 6.82. The van der Waals surface area contributed by atoms with Gasteiger partial charge in [-0.3, -0.25) is 9.13 Å². The van der Waals surface area contributed by atoms with Crippen molar-refractivity contribution in [3.8, 4) is 0 Å². The zero-order valence-corrected chi connectivity index (χ0v) is 18.8. The third kappa shape index (κ3) is 3.92. The van der Waals surface area contributed by atoms with Crippen molar-refractivity contribution in [1.29, 1.82) is 0 Å². The van der Waals surface area contributed by atoms with Crippen molar-refractivity contribution in [2.45, 2.75) is 103 Å². The van der Waals surface area contributed by atoms with Gasteiger partial charge >= 0.3 is 8.88 Å². The molecule has 0 amide bonds. The Morgan fingerprint density at radius 2 is 1.04 bits per heavy atom. The summed E-state index contributed by atoms with van der Waals surface area (Å²) in [7, 11) is -2.54. The molecule has 0 radical (unpaired) electrons. The minimum absolute atomic E-state index is 0.709. The normalized spacial score (nSPS) is 36.2. The molecule has 4 nitrogen and oxygen atoms in total. The molecule has 0 spiro atoms. The van der Waals surface area contributed by atoms with Crippen LogP contribution in [0.25, 0.3) is 0 Å². The summed E-state index contributed by atoms with van der Waals surface area (Å²) < 4.78 is 19.3. The smallest absolute Gasteiger partial charge is 0.371 e. The zero-order chi connectivity index (χ0) is 18.7. The maximum absolute atomic E-state index is 6.82. The molecule has 0 aromatic rings. The molecule has 4 fully saturated rings. The molecule has 2 aliphatic carbocycles. The van der Waals surface area contributed by atoms with Crippen LogP contribution in [0.5, 0.6) is 0 Å². The summed E-state index contributed by atoms with van der Waals surface area (Å²) >= 11 is 0. The number of nitrogens with zero attached hydrogens (tertiary/aromatic N) is 2. The van der Waals surface area contributed by atoms with E-state index < -0.39 is 8.88 Å². The summed E-state index contributed by atoms with van der Waals surface area (Å²) in [5, 5.41) is 0. The van der Waals surface area contributed by atoms with Crippen LogP contribution in [-0.2, 0) is 8.85 Å². The fourth-order valence-electron chi connectivity index (χ4n) is 6.87.